The van der Waals surface area contributed by atoms with Crippen LogP contribution in [0.25, 0.3) is 21.8 Å². The van der Waals surface area contributed by atoms with Crippen LogP contribution in [0.5, 0.6) is 11.5 Å². The molecule has 0 saturated carbocycles. The molecule has 0 amide bonds. The predicted octanol–water partition coefficient (Wildman–Crippen LogP) is 5.57. The van der Waals surface area contributed by atoms with Crippen LogP contribution in [0.15, 0.2) is 158 Å². The molecule has 2 aromatic heterocycles. The van der Waals surface area contributed by atoms with E-state index in [-0.39, 0.29) is 0 Å². The number of rotatable bonds is 8. The molecule has 7 aromatic rings. The van der Waals surface area contributed by atoms with Crippen molar-refractivity contribution < 1.29 is 11.1 Å². The normalized spacial score (nSPS) is 11.0. The highest BCUT2D eigenvalue weighted by molar-refractivity contribution is 7.08. The van der Waals surface area contributed by atoms with Crippen molar-refractivity contribution in [2.24, 2.45) is 0 Å². The Labute approximate surface area is 279 Å². The number of nitrogens with zero attached hydrogens (tertiary/aromatic N) is 2. The lowest BCUT2D eigenvalue weighted by molar-refractivity contribution is 0.469. The Balaban J connectivity index is 0.000000248. The Morgan fingerprint density at radius 3 is 1.67 bits per heavy atom. The predicted molar refractivity (Wildman–Crippen MR) is 187 cm³/mol. The van der Waals surface area contributed by atoms with Crippen LogP contribution in [0.4, 0.5) is 0 Å². The van der Waals surface area contributed by atoms with Crippen molar-refractivity contribution in [1.82, 2.24) is 9.97 Å². The van der Waals surface area contributed by atoms with E-state index >= 15 is 0 Å². The van der Waals surface area contributed by atoms with Gasteiger partial charge in [-0.3, -0.25) is 4.98 Å². The summed E-state index contributed by atoms with van der Waals surface area (Å²) < 4.78 is 18.5. The Morgan fingerprint density at radius 1 is 0.556 bits per heavy atom. The van der Waals surface area contributed by atoms with Gasteiger partial charge in [-0.05, 0) is 46.7 Å². The van der Waals surface area contributed by atoms with Crippen LogP contribution < -0.4 is 23.1 Å². The van der Waals surface area contributed by atoms with Crippen molar-refractivity contribution in [3.63, 3.8) is 0 Å². The molecule has 2 heterocycles. The molecule has 216 valence electrons. The molecule has 0 saturated heterocycles. The molecule has 8 heteroatoms. The van der Waals surface area contributed by atoms with Crippen LogP contribution in [0, 0.1) is 6.92 Å². The van der Waals surface area contributed by atoms with Gasteiger partial charge in [-0.25, -0.2) is 4.98 Å². The van der Waals surface area contributed by atoms with Crippen LogP contribution in [-0.4, -0.2) is 50.8 Å². The number of benzene rings is 5. The van der Waals surface area contributed by atoms with E-state index in [4.69, 9.17) is 16.0 Å². The van der Waals surface area contributed by atoms with Crippen LogP contribution >= 0.6 is 0 Å². The van der Waals surface area contributed by atoms with Gasteiger partial charge in [-0.15, -0.1) is 0 Å². The summed E-state index contributed by atoms with van der Waals surface area (Å²) in [7, 11) is -2.76. The third-order valence-electron chi connectivity index (χ3n) is 7.51. The molecular weight excluding hydrogens is 602 g/mol. The molecule has 5 nitrogen and oxygen atoms in total. The number of aryl methyl sites for hydroxylation is 1. The van der Waals surface area contributed by atoms with Crippen molar-refractivity contribution in [3.8, 4) is 11.5 Å². The van der Waals surface area contributed by atoms with Gasteiger partial charge in [0, 0.05) is 22.7 Å². The summed E-state index contributed by atoms with van der Waals surface area (Å²) in [6, 6.07) is 51.7. The van der Waals surface area contributed by atoms with Crippen molar-refractivity contribution in [1.29, 1.82) is 0 Å². The van der Waals surface area contributed by atoms with Gasteiger partial charge in [0.15, 0.2) is 0 Å². The van der Waals surface area contributed by atoms with E-state index in [2.05, 4.69) is 89.9 Å². The summed E-state index contributed by atoms with van der Waals surface area (Å²) in [5.74, 6) is 1.61. The van der Waals surface area contributed by atoms with Crippen LogP contribution in [0.1, 0.15) is 5.69 Å². The molecule has 0 bridgehead atoms. The lowest BCUT2D eigenvalue weighted by Crippen LogP contribution is -2.70. The standard InChI is InChI=1S/C18H15OSi.C10H9NO.C9H7NO.2Al.H/c19-20(16-10-4-1-5-11-16,17-12-6-2-7-13-17)18-14-8-3-9-15-18;1-7-5-6-8-3-2-4-9(12)10(8)11-7;11-8-5-1-3-7-4-2-6-10-9(7)8;;;/h1-15H;2-6,12H,1H3;1-6,11H;;;/q-1;;;+1;+2;/p-2. The summed E-state index contributed by atoms with van der Waals surface area (Å²) in [5.41, 5.74) is 2.77. The molecule has 0 spiro atoms. The first-order chi connectivity index (χ1) is 22.2. The minimum Gasteiger partial charge on any atom is -0.649 e. The van der Waals surface area contributed by atoms with Crippen molar-refractivity contribution in [3.05, 3.63) is 164 Å². The van der Waals surface area contributed by atoms with Gasteiger partial charge >= 0.3 is 32.5 Å². The van der Waals surface area contributed by atoms with Crippen LogP contribution in [0.2, 0.25) is 0 Å². The summed E-state index contributed by atoms with van der Waals surface area (Å²) in [4.78, 5) is 8.94. The van der Waals surface area contributed by atoms with E-state index in [1.165, 1.54) is 32.2 Å². The number of hydrogen-bond donors (Lipinski definition) is 0. The summed E-state index contributed by atoms with van der Waals surface area (Å²) >= 11 is 0.675. The minimum atomic E-state index is -2.76. The van der Waals surface area contributed by atoms with Gasteiger partial charge in [-0.2, -0.15) is 0 Å². The fourth-order valence-electron chi connectivity index (χ4n) is 5.38. The van der Waals surface area contributed by atoms with Gasteiger partial charge in [0.05, 0.1) is 0 Å². The van der Waals surface area contributed by atoms with Gasteiger partial charge < -0.3 is 11.1 Å². The number of pyridine rings is 2. The molecule has 0 aliphatic rings. The number of fused-ring (bicyclic) bond motifs is 2. The van der Waals surface area contributed by atoms with E-state index in [1.54, 1.807) is 6.20 Å². The summed E-state index contributed by atoms with van der Waals surface area (Å²) in [5, 5.41) is 5.78. The molecule has 2 radical (unpaired) electrons. The molecule has 0 unspecified atom stereocenters. The number of para-hydroxylation sites is 2. The first-order valence-corrected chi connectivity index (χ1v) is 18.1. The van der Waals surface area contributed by atoms with E-state index in [0.717, 1.165) is 39.0 Å². The molecule has 5 aromatic carbocycles. The fraction of sp³-hybridized carbons (Fsp3) is 0.0270. The van der Waals surface area contributed by atoms with E-state index in [1.807, 2.05) is 73.7 Å². The van der Waals surface area contributed by atoms with Gasteiger partial charge in [-0.1, -0.05) is 127 Å². The molecule has 0 fully saturated rings. The monoisotopic (exact) mass is 632 g/mol. The average Bonchev–Trinajstić information content (AvgIpc) is 3.11. The van der Waals surface area contributed by atoms with Crippen molar-refractivity contribution in [2.45, 2.75) is 6.92 Å². The Morgan fingerprint density at radius 2 is 1.09 bits per heavy atom. The zero-order valence-electron chi connectivity index (χ0n) is 24.9. The molecule has 7 rings (SSSR count). The topological polar surface area (TPSA) is 53.5 Å². The zero-order valence-corrected chi connectivity index (χ0v) is 28.5. The minimum absolute atomic E-state index is 0.767. The van der Waals surface area contributed by atoms with E-state index in [9.17, 15) is 0 Å². The van der Waals surface area contributed by atoms with Gasteiger partial charge in [0.2, 0.25) is 0 Å². The Kier molecular flexibility index (Phi) is 10.0. The Bertz CT molecular complexity index is 1900. The smallest absolute Gasteiger partial charge is 0.649 e. The van der Waals surface area contributed by atoms with Gasteiger partial charge in [0.25, 0.3) is 8.32 Å². The quantitative estimate of drug-likeness (QED) is 0.162. The SMILES string of the molecule is Cc1ccc2cccc([O][Al][O][Si](c3ccccc3)(c3ccccc3)c3ccccc3)c2n1.[AlH][O]c1cccc2cccnc12. The molecule has 0 atom stereocenters. The van der Waals surface area contributed by atoms with Crippen molar-refractivity contribution in [2.75, 3.05) is 0 Å². The molecule has 0 aliphatic heterocycles. The number of hydrogen-bond acceptors (Lipinski definition) is 5. The maximum absolute atomic E-state index is 6.94. The molecule has 45 heavy (non-hydrogen) atoms. The highest BCUT2D eigenvalue weighted by Gasteiger charge is 2.42. The van der Waals surface area contributed by atoms with E-state index in [0.29, 0.717) is 0 Å². The van der Waals surface area contributed by atoms with Crippen molar-refractivity contribution >= 4 is 78.2 Å². The highest BCUT2D eigenvalue weighted by Crippen LogP contribution is 2.24. The summed E-state index contributed by atoms with van der Waals surface area (Å²) in [6.45, 7) is 2.00. The highest BCUT2D eigenvalue weighted by atomic mass is 28.4. The van der Waals surface area contributed by atoms with Gasteiger partial charge in [0.1, 0.15) is 22.5 Å². The molecular formula is C37H30Al2N2O3Si. The molecule has 0 aliphatic carbocycles. The summed E-state index contributed by atoms with van der Waals surface area (Å²) in [6.07, 6.45) is 1.77. The number of aromatic nitrogens is 2. The average molecular weight is 633 g/mol. The van der Waals surface area contributed by atoms with Crippen LogP contribution in [0.3, 0.4) is 0 Å². The lowest BCUT2D eigenvalue weighted by Gasteiger charge is -2.34. The van der Waals surface area contributed by atoms with E-state index < -0.39 is 24.2 Å². The maximum atomic E-state index is 6.94. The zero-order chi connectivity index (χ0) is 30.9. The fourth-order valence-corrected chi connectivity index (χ4v) is 11.3. The second-order valence-electron chi connectivity index (χ2n) is 10.4. The van der Waals surface area contributed by atoms with Crippen LogP contribution in [-0.2, 0) is 3.48 Å². The first kappa shape index (κ1) is 30.8. The molecule has 0 N–H and O–H groups in total. The third-order valence-corrected chi connectivity index (χ3v) is 13.4. The maximum Gasteiger partial charge on any atom is 0.763 e. The second-order valence-corrected chi connectivity index (χ2v) is 15.1. The third kappa shape index (κ3) is 6.88. The largest absolute Gasteiger partial charge is 0.763 e. The lowest BCUT2D eigenvalue weighted by atomic mass is 10.2. The second kappa shape index (κ2) is 14.7. The first-order valence-electron chi connectivity index (χ1n) is 14.6. The Hall–Kier alpha value is -4.24.